The van der Waals surface area contributed by atoms with Crippen LogP contribution in [0.15, 0.2) is 60.0 Å². The van der Waals surface area contributed by atoms with Crippen LogP contribution in [0.3, 0.4) is 0 Å². The van der Waals surface area contributed by atoms with Crippen LogP contribution in [0.25, 0.3) is 20.2 Å². The van der Waals surface area contributed by atoms with E-state index in [-0.39, 0.29) is 0 Å². The Morgan fingerprint density at radius 3 is 2.71 bits per heavy atom. The lowest BCUT2D eigenvalue weighted by Gasteiger charge is -2.11. The standard InChI is InChI=1S/C18H14OS2/c19-15(17-11-18-16(21-17)8-9-20-18)10-13-6-3-5-12-4-1-2-7-14(12)13/h1-9,11,15,19H,10H2. The van der Waals surface area contributed by atoms with Crippen molar-refractivity contribution in [2.75, 3.05) is 0 Å². The molecule has 2 heterocycles. The number of hydrogen-bond donors (Lipinski definition) is 1. The van der Waals surface area contributed by atoms with Crippen molar-refractivity contribution in [3.05, 3.63) is 70.4 Å². The maximum absolute atomic E-state index is 10.6. The second kappa shape index (κ2) is 5.26. The minimum Gasteiger partial charge on any atom is -0.387 e. The van der Waals surface area contributed by atoms with E-state index in [0.29, 0.717) is 6.42 Å². The summed E-state index contributed by atoms with van der Waals surface area (Å²) in [5.74, 6) is 0. The van der Waals surface area contributed by atoms with Gasteiger partial charge in [-0.3, -0.25) is 0 Å². The van der Waals surface area contributed by atoms with E-state index < -0.39 is 6.10 Å². The molecule has 0 spiro atoms. The predicted octanol–water partition coefficient (Wildman–Crippen LogP) is 5.39. The van der Waals surface area contributed by atoms with Gasteiger partial charge >= 0.3 is 0 Å². The fourth-order valence-electron chi connectivity index (χ4n) is 2.73. The van der Waals surface area contributed by atoms with Crippen molar-refractivity contribution in [2.45, 2.75) is 12.5 Å². The molecule has 0 aliphatic carbocycles. The Kier molecular flexibility index (Phi) is 3.26. The Balaban J connectivity index is 1.69. The number of hydrogen-bond acceptors (Lipinski definition) is 3. The van der Waals surface area contributed by atoms with Crippen LogP contribution < -0.4 is 0 Å². The molecule has 0 aliphatic rings. The summed E-state index contributed by atoms with van der Waals surface area (Å²) in [6.07, 6.45) is 0.232. The highest BCUT2D eigenvalue weighted by Gasteiger charge is 2.14. The van der Waals surface area contributed by atoms with Crippen LogP contribution in [0.1, 0.15) is 16.5 Å². The average Bonchev–Trinajstić information content (AvgIpc) is 3.09. The van der Waals surface area contributed by atoms with Crippen LogP contribution in [-0.2, 0) is 6.42 Å². The van der Waals surface area contributed by atoms with Gasteiger partial charge in [0.05, 0.1) is 6.10 Å². The molecule has 1 nitrogen and oxygen atoms in total. The van der Waals surface area contributed by atoms with E-state index in [1.54, 1.807) is 22.7 Å². The molecule has 1 N–H and O–H groups in total. The average molecular weight is 310 g/mol. The molecule has 0 radical (unpaired) electrons. The Hall–Kier alpha value is -1.68. The lowest BCUT2D eigenvalue weighted by molar-refractivity contribution is 0.183. The Bertz CT molecular complexity index is 870. The molecule has 0 amide bonds. The number of rotatable bonds is 3. The molecule has 0 saturated carbocycles. The van der Waals surface area contributed by atoms with Crippen LogP contribution in [-0.4, -0.2) is 5.11 Å². The maximum atomic E-state index is 10.6. The van der Waals surface area contributed by atoms with Gasteiger partial charge in [-0.1, -0.05) is 42.5 Å². The third-order valence-corrected chi connectivity index (χ3v) is 5.97. The quantitative estimate of drug-likeness (QED) is 0.538. The third kappa shape index (κ3) is 2.38. The molecular weight excluding hydrogens is 296 g/mol. The smallest absolute Gasteiger partial charge is 0.0923 e. The minimum absolute atomic E-state index is 0.430. The molecule has 1 atom stereocenters. The van der Waals surface area contributed by atoms with Crippen molar-refractivity contribution >= 4 is 42.8 Å². The normalized spacial score (nSPS) is 13.0. The highest BCUT2D eigenvalue weighted by molar-refractivity contribution is 7.26. The summed E-state index contributed by atoms with van der Waals surface area (Å²) in [5.41, 5.74) is 1.21. The molecule has 2 aromatic heterocycles. The van der Waals surface area contributed by atoms with E-state index in [2.05, 4.69) is 60.0 Å². The van der Waals surface area contributed by atoms with Crippen LogP contribution in [0.2, 0.25) is 0 Å². The van der Waals surface area contributed by atoms with Crippen molar-refractivity contribution in [3.63, 3.8) is 0 Å². The Morgan fingerprint density at radius 1 is 0.952 bits per heavy atom. The van der Waals surface area contributed by atoms with Gasteiger partial charge in [0.1, 0.15) is 0 Å². The highest BCUT2D eigenvalue weighted by Crippen LogP contribution is 2.35. The fourth-order valence-corrected chi connectivity index (χ4v) is 4.83. The topological polar surface area (TPSA) is 20.2 Å². The summed E-state index contributed by atoms with van der Waals surface area (Å²) in [7, 11) is 0. The molecule has 104 valence electrons. The van der Waals surface area contributed by atoms with Crippen LogP contribution >= 0.6 is 22.7 Å². The first-order valence-electron chi connectivity index (χ1n) is 6.93. The van der Waals surface area contributed by atoms with E-state index >= 15 is 0 Å². The van der Waals surface area contributed by atoms with Crippen LogP contribution in [0, 0.1) is 0 Å². The number of benzene rings is 2. The molecular formula is C18H14OS2. The van der Waals surface area contributed by atoms with E-state index in [4.69, 9.17) is 0 Å². The van der Waals surface area contributed by atoms with Crippen LogP contribution in [0.4, 0.5) is 0 Å². The molecule has 4 rings (SSSR count). The summed E-state index contributed by atoms with van der Waals surface area (Å²) in [4.78, 5) is 1.06. The molecule has 0 bridgehead atoms. The van der Waals surface area contributed by atoms with Gasteiger partial charge in [-0.2, -0.15) is 0 Å². The van der Waals surface area contributed by atoms with Gasteiger partial charge in [0.15, 0.2) is 0 Å². The molecule has 4 aromatic rings. The number of thiophene rings is 2. The number of fused-ring (bicyclic) bond motifs is 2. The maximum Gasteiger partial charge on any atom is 0.0923 e. The van der Waals surface area contributed by atoms with Crippen molar-refractivity contribution < 1.29 is 5.11 Å². The Labute approximate surface area is 131 Å². The summed E-state index contributed by atoms with van der Waals surface area (Å²) in [6.45, 7) is 0. The van der Waals surface area contributed by atoms with Crippen molar-refractivity contribution in [1.82, 2.24) is 0 Å². The first kappa shape index (κ1) is 13.0. The van der Waals surface area contributed by atoms with Gasteiger partial charge in [0.2, 0.25) is 0 Å². The van der Waals surface area contributed by atoms with Gasteiger partial charge in [-0.25, -0.2) is 0 Å². The first-order valence-corrected chi connectivity index (χ1v) is 8.62. The molecule has 21 heavy (non-hydrogen) atoms. The van der Waals surface area contributed by atoms with E-state index in [0.717, 1.165) is 4.88 Å². The number of aliphatic hydroxyl groups excluding tert-OH is 1. The van der Waals surface area contributed by atoms with Crippen molar-refractivity contribution in [1.29, 1.82) is 0 Å². The lowest BCUT2D eigenvalue weighted by atomic mass is 9.99. The molecule has 0 fully saturated rings. The monoisotopic (exact) mass is 310 g/mol. The second-order valence-corrected chi connectivity index (χ2v) is 7.22. The van der Waals surface area contributed by atoms with E-state index in [9.17, 15) is 5.11 Å². The summed E-state index contributed by atoms with van der Waals surface area (Å²) >= 11 is 3.43. The molecule has 1 unspecified atom stereocenters. The van der Waals surface area contributed by atoms with Gasteiger partial charge in [-0.15, -0.1) is 22.7 Å². The van der Waals surface area contributed by atoms with E-state index in [1.807, 2.05) is 0 Å². The van der Waals surface area contributed by atoms with Crippen molar-refractivity contribution in [3.8, 4) is 0 Å². The molecule has 2 aromatic carbocycles. The summed E-state index contributed by atoms with van der Waals surface area (Å²) < 4.78 is 2.54. The zero-order valence-electron chi connectivity index (χ0n) is 11.3. The van der Waals surface area contributed by atoms with Crippen molar-refractivity contribution in [2.24, 2.45) is 0 Å². The summed E-state index contributed by atoms with van der Waals surface area (Å²) in [6, 6.07) is 18.9. The summed E-state index contributed by atoms with van der Waals surface area (Å²) in [5, 5.41) is 15.1. The van der Waals surface area contributed by atoms with Crippen LogP contribution in [0.5, 0.6) is 0 Å². The fraction of sp³-hybridized carbons (Fsp3) is 0.111. The Morgan fingerprint density at radius 2 is 1.81 bits per heavy atom. The lowest BCUT2D eigenvalue weighted by Crippen LogP contribution is -2.00. The van der Waals surface area contributed by atoms with Gasteiger partial charge in [-0.05, 0) is 33.8 Å². The zero-order valence-corrected chi connectivity index (χ0v) is 13.0. The molecule has 0 aliphatic heterocycles. The first-order chi connectivity index (χ1) is 10.3. The molecule has 0 saturated heterocycles. The number of aliphatic hydroxyl groups is 1. The van der Waals surface area contributed by atoms with Gasteiger partial charge in [0, 0.05) is 20.7 Å². The van der Waals surface area contributed by atoms with Gasteiger partial charge in [0.25, 0.3) is 0 Å². The third-order valence-electron chi connectivity index (χ3n) is 3.78. The molecule has 3 heteroatoms. The largest absolute Gasteiger partial charge is 0.387 e. The minimum atomic E-state index is -0.430. The predicted molar refractivity (Wildman–Crippen MR) is 92.3 cm³/mol. The van der Waals surface area contributed by atoms with E-state index in [1.165, 1.54) is 25.7 Å². The second-order valence-electron chi connectivity index (χ2n) is 5.16. The SMILES string of the molecule is OC(Cc1cccc2ccccc12)c1cc2sccc2s1. The zero-order chi connectivity index (χ0) is 14.2. The van der Waals surface area contributed by atoms with Gasteiger partial charge < -0.3 is 5.11 Å². The highest BCUT2D eigenvalue weighted by atomic mass is 32.1.